The number of halogens is 1. The van der Waals surface area contributed by atoms with Crippen molar-refractivity contribution in [1.82, 2.24) is 4.31 Å². The van der Waals surface area contributed by atoms with Gasteiger partial charge in [-0.2, -0.15) is 4.31 Å². The van der Waals surface area contributed by atoms with E-state index in [0.29, 0.717) is 31.7 Å². The number of aryl methyl sites for hydroxylation is 1. The molecule has 1 spiro atoms. The van der Waals surface area contributed by atoms with E-state index in [1.807, 2.05) is 6.92 Å². The SMILES string of the molecule is Cc1ccc(S(=O)(=O)N2CC(C(=O)Nc3cccc(F)c3)C3(CCOCC3)C2)cc1. The van der Waals surface area contributed by atoms with Crippen molar-refractivity contribution in [2.75, 3.05) is 31.6 Å². The van der Waals surface area contributed by atoms with E-state index in [4.69, 9.17) is 4.74 Å². The molecule has 1 amide bonds. The van der Waals surface area contributed by atoms with Gasteiger partial charge in [0.1, 0.15) is 5.82 Å². The molecule has 30 heavy (non-hydrogen) atoms. The Bertz CT molecular complexity index is 1030. The summed E-state index contributed by atoms with van der Waals surface area (Å²) < 4.78 is 46.9. The first-order chi connectivity index (χ1) is 14.3. The van der Waals surface area contributed by atoms with Crippen molar-refractivity contribution in [3.63, 3.8) is 0 Å². The zero-order chi connectivity index (χ0) is 21.4. The van der Waals surface area contributed by atoms with E-state index < -0.39 is 27.2 Å². The summed E-state index contributed by atoms with van der Waals surface area (Å²) in [6, 6.07) is 12.4. The largest absolute Gasteiger partial charge is 0.381 e. The molecule has 1 N–H and O–H groups in total. The Balaban J connectivity index is 1.62. The minimum absolute atomic E-state index is 0.0946. The predicted molar refractivity (Wildman–Crippen MR) is 111 cm³/mol. The van der Waals surface area contributed by atoms with Crippen LogP contribution in [0.4, 0.5) is 10.1 Å². The minimum Gasteiger partial charge on any atom is -0.381 e. The zero-order valence-electron chi connectivity index (χ0n) is 16.8. The summed E-state index contributed by atoms with van der Waals surface area (Å²) in [7, 11) is -3.72. The average Bonchev–Trinajstić information content (AvgIpc) is 3.08. The maximum Gasteiger partial charge on any atom is 0.243 e. The van der Waals surface area contributed by atoms with Crippen LogP contribution in [0, 0.1) is 24.1 Å². The molecule has 2 fully saturated rings. The fourth-order valence-corrected chi connectivity index (χ4v) is 5.96. The summed E-state index contributed by atoms with van der Waals surface area (Å²) >= 11 is 0. The first-order valence-electron chi connectivity index (χ1n) is 10.0. The molecule has 2 aromatic carbocycles. The van der Waals surface area contributed by atoms with E-state index in [-0.39, 0.29) is 23.9 Å². The van der Waals surface area contributed by atoms with E-state index in [1.165, 1.54) is 22.5 Å². The van der Waals surface area contributed by atoms with Gasteiger partial charge in [0.25, 0.3) is 0 Å². The van der Waals surface area contributed by atoms with Crippen LogP contribution in [0.25, 0.3) is 0 Å². The number of carbonyl (C=O) groups excluding carboxylic acids is 1. The van der Waals surface area contributed by atoms with Gasteiger partial charge in [0, 0.05) is 37.4 Å². The second-order valence-corrected chi connectivity index (χ2v) is 10.1. The van der Waals surface area contributed by atoms with Crippen LogP contribution in [-0.2, 0) is 19.6 Å². The van der Waals surface area contributed by atoms with Crippen LogP contribution in [0.5, 0.6) is 0 Å². The third-order valence-corrected chi connectivity index (χ3v) is 8.00. The molecule has 2 heterocycles. The Morgan fingerprint density at radius 2 is 1.87 bits per heavy atom. The maximum absolute atomic E-state index is 13.5. The van der Waals surface area contributed by atoms with Gasteiger partial charge in [0.2, 0.25) is 15.9 Å². The molecule has 0 bridgehead atoms. The van der Waals surface area contributed by atoms with Crippen LogP contribution in [0.2, 0.25) is 0 Å². The summed E-state index contributed by atoms with van der Waals surface area (Å²) in [6.07, 6.45) is 1.21. The van der Waals surface area contributed by atoms with Crippen LogP contribution in [0.1, 0.15) is 18.4 Å². The molecule has 6 nitrogen and oxygen atoms in total. The van der Waals surface area contributed by atoms with Crippen molar-refractivity contribution >= 4 is 21.6 Å². The lowest BCUT2D eigenvalue weighted by Crippen LogP contribution is -2.42. The van der Waals surface area contributed by atoms with E-state index in [0.717, 1.165) is 5.56 Å². The van der Waals surface area contributed by atoms with Crippen LogP contribution in [0.3, 0.4) is 0 Å². The molecule has 0 aliphatic carbocycles. The molecule has 0 aromatic heterocycles. The minimum atomic E-state index is -3.72. The quantitative estimate of drug-likeness (QED) is 0.805. The van der Waals surface area contributed by atoms with Crippen LogP contribution >= 0.6 is 0 Å². The number of sulfonamides is 1. The topological polar surface area (TPSA) is 75.7 Å². The van der Waals surface area contributed by atoms with E-state index in [1.54, 1.807) is 30.3 Å². The van der Waals surface area contributed by atoms with Gasteiger partial charge in [-0.1, -0.05) is 23.8 Å². The third-order valence-electron chi connectivity index (χ3n) is 6.17. The van der Waals surface area contributed by atoms with Gasteiger partial charge < -0.3 is 10.1 Å². The molecule has 2 aliphatic heterocycles. The summed E-state index contributed by atoms with van der Waals surface area (Å²) in [4.78, 5) is 13.4. The third kappa shape index (κ3) is 3.99. The van der Waals surface area contributed by atoms with E-state index >= 15 is 0 Å². The first kappa shape index (κ1) is 21.0. The van der Waals surface area contributed by atoms with Gasteiger partial charge in [-0.15, -0.1) is 0 Å². The average molecular weight is 433 g/mol. The Kier molecular flexibility index (Phi) is 5.65. The Morgan fingerprint density at radius 1 is 1.17 bits per heavy atom. The van der Waals surface area contributed by atoms with Gasteiger partial charge in [0.05, 0.1) is 10.8 Å². The number of nitrogens with zero attached hydrogens (tertiary/aromatic N) is 1. The van der Waals surface area contributed by atoms with Crippen molar-refractivity contribution in [2.45, 2.75) is 24.7 Å². The van der Waals surface area contributed by atoms with E-state index in [9.17, 15) is 17.6 Å². The molecule has 0 radical (unpaired) electrons. The molecule has 0 saturated carbocycles. The molecule has 160 valence electrons. The van der Waals surface area contributed by atoms with Gasteiger partial charge in [-0.05, 0) is 50.1 Å². The molecule has 1 atom stereocenters. The summed E-state index contributed by atoms with van der Waals surface area (Å²) in [5.74, 6) is -1.27. The number of hydrogen-bond acceptors (Lipinski definition) is 4. The number of hydrogen-bond donors (Lipinski definition) is 1. The fourth-order valence-electron chi connectivity index (χ4n) is 4.41. The summed E-state index contributed by atoms with van der Waals surface area (Å²) in [5.41, 5.74) is 0.846. The number of anilines is 1. The highest BCUT2D eigenvalue weighted by molar-refractivity contribution is 7.89. The van der Waals surface area contributed by atoms with Crippen molar-refractivity contribution in [2.24, 2.45) is 11.3 Å². The first-order valence-corrected chi connectivity index (χ1v) is 11.5. The van der Waals surface area contributed by atoms with Crippen LogP contribution in [0.15, 0.2) is 53.4 Å². The molecule has 1 unspecified atom stereocenters. The van der Waals surface area contributed by atoms with Crippen molar-refractivity contribution < 1.29 is 22.3 Å². The standard InChI is InChI=1S/C22H25FN2O4S/c1-16-5-7-19(8-6-16)30(27,28)25-14-20(22(15-25)9-11-29-12-10-22)21(26)24-18-4-2-3-17(23)13-18/h2-8,13,20H,9-12,14-15H2,1H3,(H,24,26). The van der Waals surface area contributed by atoms with Crippen LogP contribution in [-0.4, -0.2) is 44.9 Å². The number of rotatable bonds is 4. The molecule has 2 saturated heterocycles. The second-order valence-electron chi connectivity index (χ2n) is 8.14. The lowest BCUT2D eigenvalue weighted by atomic mass is 9.72. The highest BCUT2D eigenvalue weighted by Crippen LogP contribution is 2.46. The summed E-state index contributed by atoms with van der Waals surface area (Å²) in [6.45, 7) is 3.24. The van der Waals surface area contributed by atoms with Gasteiger partial charge >= 0.3 is 0 Å². The fraction of sp³-hybridized carbons (Fsp3) is 0.409. The van der Waals surface area contributed by atoms with Gasteiger partial charge in [-0.3, -0.25) is 4.79 Å². The lowest BCUT2D eigenvalue weighted by Gasteiger charge is -2.37. The summed E-state index contributed by atoms with van der Waals surface area (Å²) in [5, 5.41) is 2.77. The second kappa shape index (κ2) is 8.09. The molecule has 4 rings (SSSR count). The number of amides is 1. The van der Waals surface area contributed by atoms with Crippen molar-refractivity contribution in [1.29, 1.82) is 0 Å². The monoisotopic (exact) mass is 432 g/mol. The van der Waals surface area contributed by atoms with Crippen molar-refractivity contribution in [3.05, 3.63) is 59.9 Å². The number of ether oxygens (including phenoxy) is 1. The highest BCUT2D eigenvalue weighted by atomic mass is 32.2. The maximum atomic E-state index is 13.5. The normalized spacial score (nSPS) is 21.6. The number of nitrogens with one attached hydrogen (secondary N) is 1. The van der Waals surface area contributed by atoms with Gasteiger partial charge in [-0.25, -0.2) is 12.8 Å². The van der Waals surface area contributed by atoms with Crippen LogP contribution < -0.4 is 5.32 Å². The highest BCUT2D eigenvalue weighted by Gasteiger charge is 2.53. The Hall–Kier alpha value is -2.29. The Labute approximate surface area is 176 Å². The molecular weight excluding hydrogens is 407 g/mol. The van der Waals surface area contributed by atoms with E-state index in [2.05, 4.69) is 5.32 Å². The molecule has 2 aromatic rings. The Morgan fingerprint density at radius 3 is 2.53 bits per heavy atom. The zero-order valence-corrected chi connectivity index (χ0v) is 17.6. The van der Waals surface area contributed by atoms with Crippen molar-refractivity contribution in [3.8, 4) is 0 Å². The molecule has 2 aliphatic rings. The lowest BCUT2D eigenvalue weighted by molar-refractivity contribution is -0.124. The smallest absolute Gasteiger partial charge is 0.243 e. The molecule has 8 heteroatoms. The number of benzene rings is 2. The van der Waals surface area contributed by atoms with Gasteiger partial charge in [0.15, 0.2) is 0 Å². The number of carbonyl (C=O) groups is 1. The predicted octanol–water partition coefficient (Wildman–Crippen LogP) is 3.19. The molecular formula is C22H25FN2O4S.